The van der Waals surface area contributed by atoms with Crippen LogP contribution in [0.2, 0.25) is 0 Å². The van der Waals surface area contributed by atoms with E-state index in [9.17, 15) is 15.0 Å². The van der Waals surface area contributed by atoms with E-state index in [0.717, 1.165) is 0 Å². The zero-order valence-electron chi connectivity index (χ0n) is 13.7. The number of nitro groups is 1. The summed E-state index contributed by atoms with van der Waals surface area (Å²) in [5.41, 5.74) is 2.42. The van der Waals surface area contributed by atoms with Gasteiger partial charge in [0, 0.05) is 35.6 Å². The van der Waals surface area contributed by atoms with Crippen LogP contribution in [0.1, 0.15) is 25.6 Å². The van der Waals surface area contributed by atoms with Gasteiger partial charge in [0.2, 0.25) is 0 Å². The van der Waals surface area contributed by atoms with E-state index in [1.54, 1.807) is 23.1 Å². The standard InChI is InChI=1S/C15H16N6O4/c1-3-25-10(2)19-9-12(7-16-19)15-11(8-18-22)6-17-20-13(15)4-5-14(20)21(23)24/h4-7,9-10H,3,8H2,1-2H3. The summed E-state index contributed by atoms with van der Waals surface area (Å²) in [4.78, 5) is 21.4. The van der Waals surface area contributed by atoms with Crippen molar-refractivity contribution in [2.75, 3.05) is 6.61 Å². The number of hydrogen-bond acceptors (Lipinski definition) is 7. The van der Waals surface area contributed by atoms with Crippen LogP contribution in [0.5, 0.6) is 0 Å². The fourth-order valence-corrected chi connectivity index (χ4v) is 2.73. The maximum absolute atomic E-state index is 11.1. The summed E-state index contributed by atoms with van der Waals surface area (Å²) in [5.74, 6) is -0.156. The Morgan fingerprint density at radius 2 is 2.16 bits per heavy atom. The molecule has 1 unspecified atom stereocenters. The van der Waals surface area contributed by atoms with Gasteiger partial charge in [0.15, 0.2) is 5.52 Å². The van der Waals surface area contributed by atoms with Gasteiger partial charge in [-0.05, 0) is 24.8 Å². The molecule has 130 valence electrons. The number of hydrogen-bond donors (Lipinski definition) is 0. The minimum absolute atomic E-state index is 0.0932. The van der Waals surface area contributed by atoms with E-state index in [2.05, 4.69) is 15.4 Å². The molecule has 10 heteroatoms. The molecule has 0 aliphatic rings. The van der Waals surface area contributed by atoms with Crippen molar-refractivity contribution in [3.63, 3.8) is 0 Å². The summed E-state index contributed by atoms with van der Waals surface area (Å²) in [6.07, 6.45) is 4.55. The molecule has 0 aliphatic carbocycles. The largest absolute Gasteiger partial charge is 0.358 e. The molecule has 1 atom stereocenters. The van der Waals surface area contributed by atoms with Crippen LogP contribution in [0.25, 0.3) is 16.6 Å². The molecule has 0 fully saturated rings. The summed E-state index contributed by atoms with van der Waals surface area (Å²) in [5, 5.41) is 22.4. The second kappa shape index (κ2) is 6.77. The first kappa shape index (κ1) is 16.7. The third-order valence-electron chi connectivity index (χ3n) is 3.83. The lowest BCUT2D eigenvalue weighted by Crippen LogP contribution is -2.09. The van der Waals surface area contributed by atoms with Gasteiger partial charge in [0.1, 0.15) is 12.8 Å². The van der Waals surface area contributed by atoms with E-state index in [-0.39, 0.29) is 18.6 Å². The topological polar surface area (TPSA) is 117 Å². The first-order valence-electron chi connectivity index (χ1n) is 7.66. The Morgan fingerprint density at radius 3 is 2.84 bits per heavy atom. The van der Waals surface area contributed by atoms with E-state index in [1.165, 1.54) is 16.8 Å². The molecule has 0 aliphatic heterocycles. The second-order valence-electron chi connectivity index (χ2n) is 5.34. The second-order valence-corrected chi connectivity index (χ2v) is 5.34. The Morgan fingerprint density at radius 1 is 1.36 bits per heavy atom. The SMILES string of the molecule is CCOC(C)n1cc(-c2c(CN=O)cnn3c([N+](=O)[O-])ccc23)cn1. The average Bonchev–Trinajstić information content (AvgIpc) is 3.22. The van der Waals surface area contributed by atoms with Crippen LogP contribution in [0.15, 0.2) is 35.9 Å². The third kappa shape index (κ3) is 2.98. The molecule has 0 saturated carbocycles. The summed E-state index contributed by atoms with van der Waals surface area (Å²) >= 11 is 0. The van der Waals surface area contributed by atoms with Gasteiger partial charge in [-0.3, -0.25) is 0 Å². The van der Waals surface area contributed by atoms with Crippen molar-refractivity contribution in [3.05, 3.63) is 51.3 Å². The number of fused-ring (bicyclic) bond motifs is 1. The Labute approximate surface area is 142 Å². The van der Waals surface area contributed by atoms with Crippen LogP contribution in [0, 0.1) is 15.0 Å². The van der Waals surface area contributed by atoms with E-state index in [1.807, 2.05) is 13.8 Å². The molecule has 0 spiro atoms. The molecule has 0 N–H and O–H groups in total. The third-order valence-corrected chi connectivity index (χ3v) is 3.83. The minimum atomic E-state index is -0.512. The zero-order chi connectivity index (χ0) is 18.0. The van der Waals surface area contributed by atoms with Crippen molar-refractivity contribution in [1.29, 1.82) is 0 Å². The summed E-state index contributed by atoms with van der Waals surface area (Å²) < 4.78 is 8.38. The first-order valence-corrected chi connectivity index (χ1v) is 7.66. The Balaban J connectivity index is 2.17. The smallest absolute Gasteiger partial charge is 0.348 e. The summed E-state index contributed by atoms with van der Waals surface area (Å²) in [6.45, 7) is 4.20. The van der Waals surface area contributed by atoms with Crippen molar-refractivity contribution in [2.24, 2.45) is 5.18 Å². The van der Waals surface area contributed by atoms with Crippen LogP contribution >= 0.6 is 0 Å². The predicted molar refractivity (Wildman–Crippen MR) is 88.9 cm³/mol. The van der Waals surface area contributed by atoms with Gasteiger partial charge in [-0.25, -0.2) is 4.68 Å². The molecule has 3 aromatic heterocycles. The summed E-state index contributed by atoms with van der Waals surface area (Å²) in [6, 6.07) is 2.97. The highest BCUT2D eigenvalue weighted by molar-refractivity contribution is 5.83. The minimum Gasteiger partial charge on any atom is -0.358 e. The van der Waals surface area contributed by atoms with Crippen molar-refractivity contribution in [1.82, 2.24) is 19.4 Å². The van der Waals surface area contributed by atoms with Crippen LogP contribution in [0.3, 0.4) is 0 Å². The quantitative estimate of drug-likeness (QED) is 0.369. The van der Waals surface area contributed by atoms with E-state index in [4.69, 9.17) is 4.74 Å². The summed E-state index contributed by atoms with van der Waals surface area (Å²) in [7, 11) is 0. The normalized spacial score (nSPS) is 12.4. The van der Waals surface area contributed by atoms with Gasteiger partial charge in [-0.2, -0.15) is 10.0 Å². The van der Waals surface area contributed by atoms with Crippen LogP contribution in [-0.4, -0.2) is 30.9 Å². The maximum Gasteiger partial charge on any atom is 0.348 e. The lowest BCUT2D eigenvalue weighted by molar-refractivity contribution is -0.390. The van der Waals surface area contributed by atoms with Gasteiger partial charge in [-0.1, -0.05) is 14.8 Å². The fourth-order valence-electron chi connectivity index (χ4n) is 2.73. The molecule has 0 bridgehead atoms. The molecule has 3 rings (SSSR count). The molecule has 0 amide bonds. The van der Waals surface area contributed by atoms with Crippen molar-refractivity contribution in [3.8, 4) is 11.1 Å². The zero-order valence-corrected chi connectivity index (χ0v) is 13.7. The molecular weight excluding hydrogens is 328 g/mol. The lowest BCUT2D eigenvalue weighted by atomic mass is 10.0. The first-order chi connectivity index (χ1) is 12.1. The molecule has 0 aromatic carbocycles. The van der Waals surface area contributed by atoms with Gasteiger partial charge >= 0.3 is 5.82 Å². The monoisotopic (exact) mass is 344 g/mol. The van der Waals surface area contributed by atoms with Crippen LogP contribution in [-0.2, 0) is 11.3 Å². The highest BCUT2D eigenvalue weighted by Gasteiger charge is 2.22. The van der Waals surface area contributed by atoms with Gasteiger partial charge < -0.3 is 14.9 Å². The van der Waals surface area contributed by atoms with E-state index < -0.39 is 4.92 Å². The Hall–Kier alpha value is -3.14. The van der Waals surface area contributed by atoms with Crippen LogP contribution < -0.4 is 0 Å². The highest BCUT2D eigenvalue weighted by atomic mass is 16.6. The molecule has 3 heterocycles. The Bertz CT molecular complexity index is 931. The average molecular weight is 344 g/mol. The number of nitrogens with zero attached hydrogens (tertiary/aromatic N) is 6. The highest BCUT2D eigenvalue weighted by Crippen LogP contribution is 2.31. The molecule has 0 radical (unpaired) electrons. The van der Waals surface area contributed by atoms with E-state index in [0.29, 0.717) is 28.8 Å². The van der Waals surface area contributed by atoms with E-state index >= 15 is 0 Å². The van der Waals surface area contributed by atoms with Crippen LogP contribution in [0.4, 0.5) is 5.82 Å². The molecule has 3 aromatic rings. The number of rotatable bonds is 7. The number of ether oxygens (including phenoxy) is 1. The van der Waals surface area contributed by atoms with Crippen molar-refractivity contribution in [2.45, 2.75) is 26.6 Å². The Kier molecular flexibility index (Phi) is 4.52. The maximum atomic E-state index is 11.1. The van der Waals surface area contributed by atoms with Gasteiger partial charge in [-0.15, -0.1) is 0 Å². The van der Waals surface area contributed by atoms with Crippen molar-refractivity contribution < 1.29 is 9.66 Å². The lowest BCUT2D eigenvalue weighted by Gasteiger charge is -2.11. The van der Waals surface area contributed by atoms with Crippen molar-refractivity contribution >= 4 is 11.3 Å². The number of aromatic nitrogens is 4. The van der Waals surface area contributed by atoms with Gasteiger partial charge in [0.25, 0.3) is 0 Å². The molecule has 0 saturated heterocycles. The fraction of sp³-hybridized carbons (Fsp3) is 0.333. The number of nitroso groups, excluding NO2 is 1. The predicted octanol–water partition coefficient (Wildman–Crippen LogP) is 2.93. The molecular formula is C15H16N6O4. The molecule has 25 heavy (non-hydrogen) atoms. The van der Waals surface area contributed by atoms with Gasteiger partial charge in [0.05, 0.1) is 12.4 Å². The molecule has 10 nitrogen and oxygen atoms in total.